The summed E-state index contributed by atoms with van der Waals surface area (Å²) in [5.74, 6) is -1.53. The Bertz CT molecular complexity index is 579. The zero-order valence-electron chi connectivity index (χ0n) is 11.3. The van der Waals surface area contributed by atoms with Gasteiger partial charge in [-0.1, -0.05) is 0 Å². The second kappa shape index (κ2) is 6.04. The molecule has 1 fully saturated rings. The topological polar surface area (TPSA) is 110 Å². The second-order valence-electron chi connectivity index (χ2n) is 5.09. The summed E-state index contributed by atoms with van der Waals surface area (Å²) in [4.78, 5) is 24.0. The third-order valence-electron chi connectivity index (χ3n) is 3.61. The molecule has 0 aliphatic carbocycles. The SMILES string of the molecule is Nc1cc(C(=O)N2CCCC(CO)C2)c([N+](=O)[O-])cc1F. The number of likely N-dealkylation sites (tertiary alicyclic amines) is 1. The van der Waals surface area contributed by atoms with E-state index in [2.05, 4.69) is 0 Å². The van der Waals surface area contributed by atoms with Crippen molar-refractivity contribution in [2.24, 2.45) is 5.92 Å². The Kier molecular flexibility index (Phi) is 4.37. The monoisotopic (exact) mass is 297 g/mol. The highest BCUT2D eigenvalue weighted by Gasteiger charge is 2.29. The lowest BCUT2D eigenvalue weighted by Crippen LogP contribution is -2.41. The van der Waals surface area contributed by atoms with Gasteiger partial charge in [0.2, 0.25) is 0 Å². The summed E-state index contributed by atoms with van der Waals surface area (Å²) in [5, 5.41) is 20.1. The molecule has 8 heteroatoms. The van der Waals surface area contributed by atoms with Gasteiger partial charge in [0.25, 0.3) is 11.6 Å². The van der Waals surface area contributed by atoms with E-state index in [0.29, 0.717) is 25.6 Å². The van der Waals surface area contributed by atoms with Gasteiger partial charge in [-0.15, -0.1) is 0 Å². The van der Waals surface area contributed by atoms with Crippen LogP contribution in [0.1, 0.15) is 23.2 Å². The van der Waals surface area contributed by atoms with Crippen molar-refractivity contribution in [2.75, 3.05) is 25.4 Å². The molecule has 1 aliphatic rings. The Balaban J connectivity index is 2.34. The fourth-order valence-corrected chi connectivity index (χ4v) is 2.47. The van der Waals surface area contributed by atoms with Crippen LogP contribution in [0.25, 0.3) is 0 Å². The summed E-state index contributed by atoms with van der Waals surface area (Å²) in [5.41, 5.74) is 4.27. The number of nitrogen functional groups attached to an aromatic ring is 1. The van der Waals surface area contributed by atoms with E-state index >= 15 is 0 Å². The number of aliphatic hydroxyl groups excluding tert-OH is 1. The molecule has 7 nitrogen and oxygen atoms in total. The summed E-state index contributed by atoms with van der Waals surface area (Å²) in [6, 6.07) is 1.66. The normalized spacial score (nSPS) is 18.6. The van der Waals surface area contributed by atoms with Crippen LogP contribution in [0.4, 0.5) is 15.8 Å². The highest BCUT2D eigenvalue weighted by molar-refractivity contribution is 5.99. The number of anilines is 1. The van der Waals surface area contributed by atoms with Crippen LogP contribution in [0.15, 0.2) is 12.1 Å². The van der Waals surface area contributed by atoms with Crippen LogP contribution in [0.3, 0.4) is 0 Å². The molecule has 0 spiro atoms. The van der Waals surface area contributed by atoms with E-state index in [-0.39, 0.29) is 23.8 Å². The van der Waals surface area contributed by atoms with Crippen LogP contribution in [0.5, 0.6) is 0 Å². The van der Waals surface area contributed by atoms with Crippen molar-refractivity contribution in [2.45, 2.75) is 12.8 Å². The highest BCUT2D eigenvalue weighted by Crippen LogP contribution is 2.27. The number of nitrogens with zero attached hydrogens (tertiary/aromatic N) is 2. The average molecular weight is 297 g/mol. The third-order valence-corrected chi connectivity index (χ3v) is 3.61. The zero-order valence-corrected chi connectivity index (χ0v) is 11.3. The number of piperidine rings is 1. The van der Waals surface area contributed by atoms with Gasteiger partial charge >= 0.3 is 0 Å². The van der Waals surface area contributed by atoms with Gasteiger partial charge in [0, 0.05) is 19.7 Å². The molecule has 0 saturated carbocycles. The van der Waals surface area contributed by atoms with Gasteiger partial charge in [-0.3, -0.25) is 14.9 Å². The maximum atomic E-state index is 13.4. The molecule has 0 radical (unpaired) electrons. The van der Waals surface area contributed by atoms with Crippen molar-refractivity contribution >= 4 is 17.3 Å². The van der Waals surface area contributed by atoms with Gasteiger partial charge < -0.3 is 15.7 Å². The minimum atomic E-state index is -0.926. The van der Waals surface area contributed by atoms with Gasteiger partial charge in [0.1, 0.15) is 5.56 Å². The minimum Gasteiger partial charge on any atom is -0.396 e. The van der Waals surface area contributed by atoms with Gasteiger partial charge in [-0.05, 0) is 24.8 Å². The second-order valence-corrected chi connectivity index (χ2v) is 5.09. The lowest BCUT2D eigenvalue weighted by Gasteiger charge is -2.31. The Morgan fingerprint density at radius 2 is 2.29 bits per heavy atom. The number of rotatable bonds is 3. The maximum Gasteiger partial charge on any atom is 0.285 e. The molecular formula is C13H16FN3O4. The first-order valence-corrected chi connectivity index (χ1v) is 6.57. The van der Waals surface area contributed by atoms with E-state index < -0.39 is 22.3 Å². The molecular weight excluding hydrogens is 281 g/mol. The van der Waals surface area contributed by atoms with Crippen LogP contribution in [-0.4, -0.2) is 40.5 Å². The number of carbonyl (C=O) groups is 1. The number of hydrogen-bond acceptors (Lipinski definition) is 5. The fraction of sp³-hybridized carbons (Fsp3) is 0.462. The quantitative estimate of drug-likeness (QED) is 0.494. The molecule has 0 bridgehead atoms. The number of aliphatic hydroxyl groups is 1. The van der Waals surface area contributed by atoms with Crippen LogP contribution >= 0.6 is 0 Å². The molecule has 1 atom stereocenters. The molecule has 114 valence electrons. The van der Waals surface area contributed by atoms with Crippen LogP contribution in [0.2, 0.25) is 0 Å². The molecule has 0 aromatic heterocycles. The first kappa shape index (κ1) is 15.2. The lowest BCUT2D eigenvalue weighted by molar-refractivity contribution is -0.385. The summed E-state index contributed by atoms with van der Waals surface area (Å²) in [7, 11) is 0. The predicted octanol–water partition coefficient (Wildman–Crippen LogP) is 1.16. The Morgan fingerprint density at radius 1 is 1.57 bits per heavy atom. The van der Waals surface area contributed by atoms with Crippen molar-refractivity contribution < 1.29 is 19.2 Å². The zero-order chi connectivity index (χ0) is 15.6. The van der Waals surface area contributed by atoms with Crippen molar-refractivity contribution in [3.8, 4) is 0 Å². The molecule has 1 amide bonds. The van der Waals surface area contributed by atoms with Gasteiger partial charge in [0.15, 0.2) is 5.82 Å². The Hall–Kier alpha value is -2.22. The molecule has 21 heavy (non-hydrogen) atoms. The van der Waals surface area contributed by atoms with E-state index in [1.165, 1.54) is 4.90 Å². The van der Waals surface area contributed by atoms with Gasteiger partial charge in [-0.2, -0.15) is 0 Å². The number of nitrogens with two attached hydrogens (primary N) is 1. The number of nitro groups is 1. The molecule has 1 unspecified atom stereocenters. The standard InChI is InChI=1S/C13H16FN3O4/c14-10-5-12(17(20)21)9(4-11(10)15)13(19)16-3-1-2-8(6-16)7-18/h4-5,8,18H,1-3,6-7,15H2. The molecule has 3 N–H and O–H groups in total. The molecule has 1 aromatic carbocycles. The number of hydrogen-bond donors (Lipinski definition) is 2. The summed E-state index contributed by atoms with van der Waals surface area (Å²) < 4.78 is 13.4. The van der Waals surface area contributed by atoms with Crippen LogP contribution in [0, 0.1) is 21.8 Å². The van der Waals surface area contributed by atoms with Crippen molar-refractivity contribution in [1.82, 2.24) is 4.90 Å². The first-order valence-electron chi connectivity index (χ1n) is 6.57. The van der Waals surface area contributed by atoms with E-state index in [1.54, 1.807) is 0 Å². The van der Waals surface area contributed by atoms with Crippen LogP contribution in [-0.2, 0) is 0 Å². The first-order chi connectivity index (χ1) is 9.93. The summed E-state index contributed by atoms with van der Waals surface area (Å²) in [6.07, 6.45) is 1.51. The predicted molar refractivity (Wildman–Crippen MR) is 73.2 cm³/mol. The summed E-state index contributed by atoms with van der Waals surface area (Å²) >= 11 is 0. The highest BCUT2D eigenvalue weighted by atomic mass is 19.1. The molecule has 1 saturated heterocycles. The number of halogens is 1. The largest absolute Gasteiger partial charge is 0.396 e. The van der Waals surface area contributed by atoms with Crippen molar-refractivity contribution in [3.63, 3.8) is 0 Å². The van der Waals surface area contributed by atoms with E-state index in [4.69, 9.17) is 10.8 Å². The van der Waals surface area contributed by atoms with Crippen LogP contribution < -0.4 is 5.73 Å². The fourth-order valence-electron chi connectivity index (χ4n) is 2.47. The molecule has 1 heterocycles. The van der Waals surface area contributed by atoms with Gasteiger partial charge in [-0.25, -0.2) is 4.39 Å². The van der Waals surface area contributed by atoms with Gasteiger partial charge in [0.05, 0.1) is 16.7 Å². The molecule has 1 aliphatic heterocycles. The number of amides is 1. The van der Waals surface area contributed by atoms with E-state index in [0.717, 1.165) is 12.5 Å². The Labute approximate surface area is 120 Å². The summed E-state index contributed by atoms with van der Waals surface area (Å²) in [6.45, 7) is 0.727. The minimum absolute atomic E-state index is 0.0421. The lowest BCUT2D eigenvalue weighted by atomic mass is 9.98. The molecule has 2 rings (SSSR count). The van der Waals surface area contributed by atoms with E-state index in [9.17, 15) is 19.3 Å². The Morgan fingerprint density at radius 3 is 2.90 bits per heavy atom. The third kappa shape index (κ3) is 3.10. The maximum absolute atomic E-state index is 13.4. The number of benzene rings is 1. The van der Waals surface area contributed by atoms with E-state index in [1.807, 2.05) is 0 Å². The number of nitro benzene ring substituents is 1. The average Bonchev–Trinajstić information content (AvgIpc) is 2.48. The number of carbonyl (C=O) groups excluding carboxylic acids is 1. The molecule has 1 aromatic rings. The van der Waals surface area contributed by atoms with Crippen molar-refractivity contribution in [3.05, 3.63) is 33.6 Å². The smallest absolute Gasteiger partial charge is 0.285 e. The van der Waals surface area contributed by atoms with Crippen molar-refractivity contribution in [1.29, 1.82) is 0 Å².